The van der Waals surface area contributed by atoms with Crippen LogP contribution in [-0.4, -0.2) is 18.0 Å². The third-order valence-corrected chi connectivity index (χ3v) is 3.87. The molecule has 0 amide bonds. The highest BCUT2D eigenvalue weighted by Gasteiger charge is 2.10. The van der Waals surface area contributed by atoms with Gasteiger partial charge < -0.3 is 0 Å². The lowest BCUT2D eigenvalue weighted by molar-refractivity contribution is 0.287. The molecule has 2 aromatic carbocycles. The second-order valence-electron chi connectivity index (χ2n) is 5.49. The molecule has 0 aliphatic carbocycles. The molecule has 0 bridgehead atoms. The predicted octanol–water partition coefficient (Wildman–Crippen LogP) is 4.95. The molecular weight excluding hydrogens is 290 g/mol. The maximum atomic E-state index is 2.50. The zero-order chi connectivity index (χ0) is 14.3. The zero-order valence-electron chi connectivity index (χ0n) is 12.7. The van der Waals surface area contributed by atoms with E-state index in [9.17, 15) is 0 Å². The molecule has 3 rings (SSSR count). The van der Waals surface area contributed by atoms with E-state index in [-0.39, 0.29) is 12.4 Å². The van der Waals surface area contributed by atoms with Crippen molar-refractivity contribution >= 4 is 18.5 Å². The molecular formula is C20H22ClN. The summed E-state index contributed by atoms with van der Waals surface area (Å²) in [6.07, 6.45) is 7.95. The standard InChI is InChI=1S/C20H21N.ClH/c1-3-7-18(8-4-1)11-12-19-13-15-21(16-14-19)17-20-9-5-2-6-10-20;/h1-13H,14-17H2;1H/b12-11+;. The summed E-state index contributed by atoms with van der Waals surface area (Å²) in [5.41, 5.74) is 4.11. The number of rotatable bonds is 4. The zero-order valence-corrected chi connectivity index (χ0v) is 13.5. The number of hydrogen-bond donors (Lipinski definition) is 0. The highest BCUT2D eigenvalue weighted by atomic mass is 35.5. The van der Waals surface area contributed by atoms with Crippen LogP contribution in [0.2, 0.25) is 0 Å². The highest BCUT2D eigenvalue weighted by molar-refractivity contribution is 5.85. The summed E-state index contributed by atoms with van der Waals surface area (Å²) >= 11 is 0. The van der Waals surface area contributed by atoms with Crippen LogP contribution in [0.3, 0.4) is 0 Å². The van der Waals surface area contributed by atoms with Crippen LogP contribution >= 0.6 is 12.4 Å². The Labute approximate surface area is 139 Å². The van der Waals surface area contributed by atoms with Gasteiger partial charge in [0.15, 0.2) is 0 Å². The number of allylic oxidation sites excluding steroid dienone is 1. The molecule has 22 heavy (non-hydrogen) atoms. The fourth-order valence-corrected chi connectivity index (χ4v) is 2.63. The maximum absolute atomic E-state index is 2.50. The molecule has 1 aliphatic heterocycles. The van der Waals surface area contributed by atoms with Crippen molar-refractivity contribution in [3.05, 3.63) is 89.5 Å². The number of halogens is 1. The average molecular weight is 312 g/mol. The average Bonchev–Trinajstić information content (AvgIpc) is 2.56. The van der Waals surface area contributed by atoms with Gasteiger partial charge in [-0.25, -0.2) is 0 Å². The monoisotopic (exact) mass is 311 g/mol. The molecule has 0 atom stereocenters. The van der Waals surface area contributed by atoms with E-state index in [2.05, 4.69) is 83.8 Å². The normalized spacial score (nSPS) is 15.4. The largest absolute Gasteiger partial charge is 0.295 e. The minimum atomic E-state index is 0. The van der Waals surface area contributed by atoms with Crippen LogP contribution in [0.15, 0.2) is 78.4 Å². The Morgan fingerprint density at radius 3 is 2.18 bits per heavy atom. The van der Waals surface area contributed by atoms with Gasteiger partial charge in [0.1, 0.15) is 0 Å². The maximum Gasteiger partial charge on any atom is 0.0237 e. The summed E-state index contributed by atoms with van der Waals surface area (Å²) in [5.74, 6) is 0. The van der Waals surface area contributed by atoms with Gasteiger partial charge in [0, 0.05) is 19.6 Å². The van der Waals surface area contributed by atoms with Crippen LogP contribution in [0.4, 0.5) is 0 Å². The summed E-state index contributed by atoms with van der Waals surface area (Å²) in [5, 5.41) is 0. The molecule has 114 valence electrons. The van der Waals surface area contributed by atoms with Crippen molar-refractivity contribution in [2.45, 2.75) is 13.0 Å². The Bertz CT molecular complexity index is 617. The molecule has 0 N–H and O–H groups in total. The van der Waals surface area contributed by atoms with E-state index >= 15 is 0 Å². The Hall–Kier alpha value is -1.83. The SMILES string of the molecule is C1=C(/C=C/c2ccccc2)CCN(Cc2ccccc2)C1.Cl. The van der Waals surface area contributed by atoms with Gasteiger partial charge in [-0.1, -0.05) is 78.9 Å². The van der Waals surface area contributed by atoms with Crippen LogP contribution in [0.25, 0.3) is 6.08 Å². The molecule has 1 heterocycles. The van der Waals surface area contributed by atoms with Gasteiger partial charge in [-0.15, -0.1) is 12.4 Å². The van der Waals surface area contributed by atoms with Crippen molar-refractivity contribution in [1.29, 1.82) is 0 Å². The van der Waals surface area contributed by atoms with Gasteiger partial charge in [0.25, 0.3) is 0 Å². The molecule has 0 radical (unpaired) electrons. The summed E-state index contributed by atoms with van der Waals surface area (Å²) < 4.78 is 0. The molecule has 2 heteroatoms. The van der Waals surface area contributed by atoms with Crippen LogP contribution < -0.4 is 0 Å². The van der Waals surface area contributed by atoms with E-state index in [1.165, 1.54) is 16.7 Å². The van der Waals surface area contributed by atoms with Gasteiger partial charge in [0.05, 0.1) is 0 Å². The van der Waals surface area contributed by atoms with Crippen LogP contribution in [-0.2, 0) is 6.54 Å². The fraction of sp³-hybridized carbons (Fsp3) is 0.200. The van der Waals surface area contributed by atoms with Crippen LogP contribution in [0.1, 0.15) is 17.5 Å². The Kier molecular flexibility index (Phi) is 6.45. The molecule has 0 saturated carbocycles. The first-order valence-electron chi connectivity index (χ1n) is 7.58. The molecule has 2 aromatic rings. The Balaban J connectivity index is 0.00000176. The predicted molar refractivity (Wildman–Crippen MR) is 97.1 cm³/mol. The Morgan fingerprint density at radius 2 is 1.55 bits per heavy atom. The highest BCUT2D eigenvalue weighted by Crippen LogP contribution is 2.16. The smallest absolute Gasteiger partial charge is 0.0237 e. The van der Waals surface area contributed by atoms with Crippen molar-refractivity contribution in [2.24, 2.45) is 0 Å². The first-order valence-corrected chi connectivity index (χ1v) is 7.58. The van der Waals surface area contributed by atoms with E-state index in [4.69, 9.17) is 0 Å². The van der Waals surface area contributed by atoms with Gasteiger partial charge in [-0.2, -0.15) is 0 Å². The molecule has 1 nitrogen and oxygen atoms in total. The second kappa shape index (κ2) is 8.57. The fourth-order valence-electron chi connectivity index (χ4n) is 2.63. The minimum absolute atomic E-state index is 0. The summed E-state index contributed by atoms with van der Waals surface area (Å²) in [7, 11) is 0. The molecule has 0 aromatic heterocycles. The van der Waals surface area contributed by atoms with Gasteiger partial charge in [-0.05, 0) is 23.1 Å². The number of benzene rings is 2. The lowest BCUT2D eigenvalue weighted by Gasteiger charge is -2.25. The quantitative estimate of drug-likeness (QED) is 0.772. The van der Waals surface area contributed by atoms with Crippen molar-refractivity contribution in [3.63, 3.8) is 0 Å². The molecule has 0 saturated heterocycles. The first-order chi connectivity index (χ1) is 10.4. The molecule has 1 aliphatic rings. The molecule has 0 spiro atoms. The first kappa shape index (κ1) is 16.5. The van der Waals surface area contributed by atoms with E-state index in [1.54, 1.807) is 0 Å². The van der Waals surface area contributed by atoms with Gasteiger partial charge in [0.2, 0.25) is 0 Å². The van der Waals surface area contributed by atoms with Crippen molar-refractivity contribution in [3.8, 4) is 0 Å². The van der Waals surface area contributed by atoms with Crippen LogP contribution in [0.5, 0.6) is 0 Å². The van der Waals surface area contributed by atoms with E-state index in [1.807, 2.05) is 0 Å². The minimum Gasteiger partial charge on any atom is -0.295 e. The summed E-state index contributed by atoms with van der Waals surface area (Å²) in [6.45, 7) is 3.23. The lowest BCUT2D eigenvalue weighted by Crippen LogP contribution is -2.27. The van der Waals surface area contributed by atoms with Crippen LogP contribution in [0, 0.1) is 0 Å². The summed E-state index contributed by atoms with van der Waals surface area (Å²) in [4.78, 5) is 2.50. The Morgan fingerprint density at radius 1 is 0.864 bits per heavy atom. The number of hydrogen-bond acceptors (Lipinski definition) is 1. The molecule has 0 fully saturated rings. The van der Waals surface area contributed by atoms with Crippen molar-refractivity contribution in [1.82, 2.24) is 4.90 Å². The van der Waals surface area contributed by atoms with Crippen molar-refractivity contribution < 1.29 is 0 Å². The third-order valence-electron chi connectivity index (χ3n) is 3.87. The summed E-state index contributed by atoms with van der Waals surface area (Å²) in [6, 6.07) is 21.2. The van der Waals surface area contributed by atoms with Crippen molar-refractivity contribution in [2.75, 3.05) is 13.1 Å². The molecule has 0 unspecified atom stereocenters. The van der Waals surface area contributed by atoms with Gasteiger partial charge >= 0.3 is 0 Å². The topological polar surface area (TPSA) is 3.24 Å². The van der Waals surface area contributed by atoms with E-state index in [0.717, 1.165) is 26.1 Å². The van der Waals surface area contributed by atoms with E-state index < -0.39 is 0 Å². The van der Waals surface area contributed by atoms with Gasteiger partial charge in [-0.3, -0.25) is 4.90 Å². The van der Waals surface area contributed by atoms with E-state index in [0.29, 0.717) is 0 Å². The lowest BCUT2D eigenvalue weighted by atomic mass is 10.1. The number of nitrogens with zero attached hydrogens (tertiary/aromatic N) is 1. The third kappa shape index (κ3) is 4.87. The second-order valence-corrected chi connectivity index (χ2v) is 5.49.